The first-order chi connectivity index (χ1) is 11.3. The number of likely N-dealkylation sites (N-methyl/N-ethyl adjacent to an activating group) is 1. The van der Waals surface area contributed by atoms with Crippen molar-refractivity contribution in [2.24, 2.45) is 0 Å². The molecule has 1 aliphatic heterocycles. The van der Waals surface area contributed by atoms with Gasteiger partial charge in [0.1, 0.15) is 0 Å². The van der Waals surface area contributed by atoms with Crippen LogP contribution in [-0.4, -0.2) is 51.4 Å². The highest BCUT2D eigenvalue weighted by atomic mass is 16.5. The third-order valence-electron chi connectivity index (χ3n) is 4.70. The Bertz CT molecular complexity index is 641. The molecule has 0 bridgehead atoms. The summed E-state index contributed by atoms with van der Waals surface area (Å²) in [5.74, 6) is 3.09. The molecule has 23 heavy (non-hydrogen) atoms. The normalized spacial score (nSPS) is 21.8. The minimum Gasteiger partial charge on any atom is -0.354 e. The van der Waals surface area contributed by atoms with Crippen LogP contribution in [0.3, 0.4) is 0 Å². The Balaban J connectivity index is 1.38. The average Bonchev–Trinajstić information content (AvgIpc) is 3.36. The summed E-state index contributed by atoms with van der Waals surface area (Å²) in [6, 6.07) is 4.43. The first kappa shape index (κ1) is 14.6. The van der Waals surface area contributed by atoms with Gasteiger partial charge < -0.3 is 9.42 Å². The molecule has 1 saturated carbocycles. The maximum Gasteiger partial charge on any atom is 0.229 e. The molecule has 1 aliphatic carbocycles. The molecular weight excluding hydrogens is 292 g/mol. The quantitative estimate of drug-likeness (QED) is 0.834. The van der Waals surface area contributed by atoms with Crippen LogP contribution in [0.5, 0.6) is 0 Å². The molecule has 0 unspecified atom stereocenters. The van der Waals surface area contributed by atoms with E-state index in [-0.39, 0.29) is 0 Å². The zero-order chi connectivity index (χ0) is 15.6. The van der Waals surface area contributed by atoms with E-state index in [2.05, 4.69) is 37.2 Å². The Kier molecular flexibility index (Phi) is 3.95. The molecule has 7 heteroatoms. The molecule has 4 rings (SSSR count). The van der Waals surface area contributed by atoms with Crippen molar-refractivity contribution in [3.8, 4) is 0 Å². The lowest BCUT2D eigenvalue weighted by atomic mass is 10.0. The minimum atomic E-state index is 0.466. The smallest absolute Gasteiger partial charge is 0.229 e. The van der Waals surface area contributed by atoms with Crippen LogP contribution in [0.15, 0.2) is 22.9 Å². The van der Waals surface area contributed by atoms with Crippen LogP contribution < -0.4 is 4.90 Å². The van der Waals surface area contributed by atoms with Crippen LogP contribution >= 0.6 is 0 Å². The van der Waals surface area contributed by atoms with Crippen molar-refractivity contribution >= 4 is 5.82 Å². The molecule has 2 aromatic rings. The van der Waals surface area contributed by atoms with Crippen LogP contribution in [0.4, 0.5) is 5.82 Å². The van der Waals surface area contributed by atoms with Gasteiger partial charge in [-0.15, -0.1) is 5.10 Å². The minimum absolute atomic E-state index is 0.466. The molecule has 0 amide bonds. The molecule has 0 spiro atoms. The summed E-state index contributed by atoms with van der Waals surface area (Å²) in [6.07, 6.45) is 6.43. The third-order valence-corrected chi connectivity index (χ3v) is 4.70. The number of piperidine rings is 1. The van der Waals surface area contributed by atoms with Gasteiger partial charge in [0.25, 0.3) is 0 Å². The van der Waals surface area contributed by atoms with Gasteiger partial charge >= 0.3 is 0 Å². The average molecular weight is 314 g/mol. The Morgan fingerprint density at radius 1 is 1.35 bits per heavy atom. The maximum atomic E-state index is 5.35. The van der Waals surface area contributed by atoms with Gasteiger partial charge in [0.05, 0.1) is 6.54 Å². The zero-order valence-corrected chi connectivity index (χ0v) is 13.4. The summed E-state index contributed by atoms with van der Waals surface area (Å²) in [5, 5.41) is 12.3. The molecule has 2 fully saturated rings. The molecule has 1 atom stereocenters. The molecule has 2 aromatic heterocycles. The molecule has 3 heterocycles. The van der Waals surface area contributed by atoms with E-state index in [4.69, 9.17) is 4.52 Å². The van der Waals surface area contributed by atoms with Crippen molar-refractivity contribution in [1.82, 2.24) is 25.2 Å². The number of hydrogen-bond donors (Lipinski definition) is 0. The molecule has 0 radical (unpaired) electrons. The monoisotopic (exact) mass is 314 g/mol. The first-order valence-electron chi connectivity index (χ1n) is 8.35. The second-order valence-corrected chi connectivity index (χ2v) is 6.56. The second-order valence-electron chi connectivity index (χ2n) is 6.56. The van der Waals surface area contributed by atoms with Crippen molar-refractivity contribution in [2.75, 3.05) is 25.0 Å². The molecule has 2 aliphatic rings. The molecule has 1 saturated heterocycles. The van der Waals surface area contributed by atoms with Gasteiger partial charge in [-0.25, -0.2) is 0 Å². The maximum absolute atomic E-state index is 5.35. The lowest BCUT2D eigenvalue weighted by Crippen LogP contribution is -2.46. The van der Waals surface area contributed by atoms with Crippen LogP contribution in [0.2, 0.25) is 0 Å². The molecule has 122 valence electrons. The van der Waals surface area contributed by atoms with Crippen molar-refractivity contribution in [2.45, 2.75) is 44.2 Å². The Hall–Kier alpha value is -2.02. The molecular formula is C16H22N6O. The predicted octanol–water partition coefficient (Wildman–Crippen LogP) is 1.84. The fourth-order valence-corrected chi connectivity index (χ4v) is 3.16. The number of nitrogens with zero attached hydrogens (tertiary/aromatic N) is 6. The van der Waals surface area contributed by atoms with Gasteiger partial charge in [0.2, 0.25) is 5.89 Å². The van der Waals surface area contributed by atoms with E-state index in [1.807, 2.05) is 12.1 Å². The first-order valence-corrected chi connectivity index (χ1v) is 8.35. The van der Waals surface area contributed by atoms with E-state index < -0.39 is 0 Å². The van der Waals surface area contributed by atoms with Gasteiger partial charge in [-0.3, -0.25) is 4.90 Å². The Morgan fingerprint density at radius 3 is 3.04 bits per heavy atom. The summed E-state index contributed by atoms with van der Waals surface area (Å²) in [6.45, 7) is 2.73. The van der Waals surface area contributed by atoms with E-state index >= 15 is 0 Å². The van der Waals surface area contributed by atoms with Gasteiger partial charge in [-0.1, -0.05) is 5.16 Å². The molecule has 0 N–H and O–H groups in total. The van der Waals surface area contributed by atoms with E-state index in [0.29, 0.717) is 12.0 Å². The topological polar surface area (TPSA) is 71.2 Å². The number of aromatic nitrogens is 4. The lowest BCUT2D eigenvalue weighted by molar-refractivity contribution is 0.200. The summed E-state index contributed by atoms with van der Waals surface area (Å²) in [5.41, 5.74) is 0. The van der Waals surface area contributed by atoms with Crippen molar-refractivity contribution in [3.05, 3.63) is 30.0 Å². The largest absolute Gasteiger partial charge is 0.354 e. The molecule has 7 nitrogen and oxygen atoms in total. The summed E-state index contributed by atoms with van der Waals surface area (Å²) < 4.78 is 5.35. The fourth-order valence-electron chi connectivity index (χ4n) is 3.16. The Morgan fingerprint density at radius 2 is 2.26 bits per heavy atom. The second kappa shape index (κ2) is 6.23. The van der Waals surface area contributed by atoms with Gasteiger partial charge in [-0.2, -0.15) is 10.1 Å². The van der Waals surface area contributed by atoms with E-state index in [1.54, 1.807) is 6.20 Å². The van der Waals surface area contributed by atoms with Gasteiger partial charge in [0, 0.05) is 31.2 Å². The van der Waals surface area contributed by atoms with Crippen LogP contribution in [0, 0.1) is 0 Å². The van der Waals surface area contributed by atoms with E-state index in [0.717, 1.165) is 43.6 Å². The highest BCUT2D eigenvalue weighted by Crippen LogP contribution is 2.38. The van der Waals surface area contributed by atoms with Crippen LogP contribution in [0.1, 0.15) is 43.3 Å². The third kappa shape index (κ3) is 3.34. The lowest BCUT2D eigenvalue weighted by Gasteiger charge is -2.37. The van der Waals surface area contributed by atoms with Gasteiger partial charge in [-0.05, 0) is 44.9 Å². The zero-order valence-electron chi connectivity index (χ0n) is 13.4. The van der Waals surface area contributed by atoms with Gasteiger partial charge in [0.15, 0.2) is 11.6 Å². The summed E-state index contributed by atoms with van der Waals surface area (Å²) in [7, 11) is 2.14. The van der Waals surface area contributed by atoms with E-state index in [9.17, 15) is 0 Å². The van der Waals surface area contributed by atoms with Crippen molar-refractivity contribution in [3.63, 3.8) is 0 Å². The number of hydrogen-bond acceptors (Lipinski definition) is 7. The standard InChI is InChI=1S/C16H22N6O/c1-21(11-14-18-16(23-20-14)12-6-7-12)13-4-3-9-22(10-13)15-5-2-8-17-19-15/h2,5,8,12-13H,3-4,6-7,9-11H2,1H3/t13-/m1/s1. The molecule has 0 aromatic carbocycles. The number of anilines is 1. The summed E-state index contributed by atoms with van der Waals surface area (Å²) in [4.78, 5) is 9.16. The highest BCUT2D eigenvalue weighted by molar-refractivity contribution is 5.37. The van der Waals surface area contributed by atoms with Crippen molar-refractivity contribution < 1.29 is 4.52 Å². The predicted molar refractivity (Wildman–Crippen MR) is 85.0 cm³/mol. The summed E-state index contributed by atoms with van der Waals surface area (Å²) >= 11 is 0. The Labute approximate surface area is 135 Å². The van der Waals surface area contributed by atoms with Crippen LogP contribution in [0.25, 0.3) is 0 Å². The number of rotatable bonds is 5. The van der Waals surface area contributed by atoms with Crippen molar-refractivity contribution in [1.29, 1.82) is 0 Å². The van der Waals surface area contributed by atoms with Crippen LogP contribution in [-0.2, 0) is 6.54 Å². The fraction of sp³-hybridized carbons (Fsp3) is 0.625. The van der Waals surface area contributed by atoms with E-state index in [1.165, 1.54) is 19.3 Å². The SMILES string of the molecule is CN(Cc1noc(C2CC2)n1)[C@@H]1CCCN(c2cccnn2)C1. The highest BCUT2D eigenvalue weighted by Gasteiger charge is 2.30.